The molecule has 1 aromatic rings. The maximum Gasteiger partial charge on any atom is 0.241 e. The van der Waals surface area contributed by atoms with Gasteiger partial charge in [0, 0.05) is 6.54 Å². The largest absolute Gasteiger partial charge is 0.322 e. The monoisotopic (exact) mass is 246 g/mol. The maximum absolute atomic E-state index is 12.3. The first-order valence-corrected chi connectivity index (χ1v) is 6.89. The highest BCUT2D eigenvalue weighted by Crippen LogP contribution is 2.26. The van der Waals surface area contributed by atoms with Crippen LogP contribution in [0.2, 0.25) is 0 Å². The molecular weight excluding hydrogens is 224 g/mol. The molecule has 1 heterocycles. The van der Waals surface area contributed by atoms with Gasteiger partial charge in [-0.25, -0.2) is 0 Å². The van der Waals surface area contributed by atoms with Gasteiger partial charge in [-0.15, -0.1) is 0 Å². The van der Waals surface area contributed by atoms with E-state index in [1.165, 1.54) is 5.56 Å². The molecule has 1 amide bonds. The van der Waals surface area contributed by atoms with E-state index in [0.717, 1.165) is 25.8 Å². The summed E-state index contributed by atoms with van der Waals surface area (Å²) < 4.78 is 0. The van der Waals surface area contributed by atoms with Crippen LogP contribution < -0.4 is 5.32 Å². The van der Waals surface area contributed by atoms with Gasteiger partial charge in [-0.05, 0) is 18.9 Å². The standard InChI is InChI=1S/C15H22N2O/c1-3-5-11-13-15(18)17(4-2)14(16-13)12-9-7-6-8-10-12/h6-10,13-14,16H,3-5,11H2,1-2H3. The first-order valence-electron chi connectivity index (χ1n) is 6.89. The first-order chi connectivity index (χ1) is 8.77. The third-order valence-electron chi connectivity index (χ3n) is 3.55. The van der Waals surface area contributed by atoms with E-state index < -0.39 is 0 Å². The minimum Gasteiger partial charge on any atom is -0.322 e. The summed E-state index contributed by atoms with van der Waals surface area (Å²) in [5.41, 5.74) is 1.17. The second-order valence-corrected chi connectivity index (χ2v) is 4.80. The molecule has 3 nitrogen and oxygen atoms in total. The Morgan fingerprint density at radius 3 is 2.56 bits per heavy atom. The summed E-state index contributed by atoms with van der Waals surface area (Å²) in [5, 5.41) is 3.47. The third-order valence-corrected chi connectivity index (χ3v) is 3.55. The van der Waals surface area contributed by atoms with Gasteiger partial charge in [-0.2, -0.15) is 0 Å². The van der Waals surface area contributed by atoms with Gasteiger partial charge < -0.3 is 4.90 Å². The molecule has 2 rings (SSSR count). The molecule has 1 aliphatic heterocycles. The molecule has 0 aromatic heterocycles. The molecule has 2 unspecified atom stereocenters. The summed E-state index contributed by atoms with van der Waals surface area (Å²) in [6, 6.07) is 10.2. The molecule has 1 aliphatic rings. The molecule has 0 radical (unpaired) electrons. The highest BCUT2D eigenvalue weighted by molar-refractivity contribution is 5.84. The zero-order chi connectivity index (χ0) is 13.0. The lowest BCUT2D eigenvalue weighted by Crippen LogP contribution is -2.30. The molecule has 2 atom stereocenters. The van der Waals surface area contributed by atoms with Crippen molar-refractivity contribution in [1.29, 1.82) is 0 Å². The van der Waals surface area contributed by atoms with Crippen molar-refractivity contribution in [2.75, 3.05) is 6.54 Å². The molecule has 0 saturated carbocycles. The van der Waals surface area contributed by atoms with Crippen molar-refractivity contribution in [1.82, 2.24) is 10.2 Å². The van der Waals surface area contributed by atoms with Gasteiger partial charge >= 0.3 is 0 Å². The number of benzene rings is 1. The van der Waals surface area contributed by atoms with E-state index in [9.17, 15) is 4.79 Å². The summed E-state index contributed by atoms with van der Waals surface area (Å²) in [7, 11) is 0. The van der Waals surface area contributed by atoms with Crippen molar-refractivity contribution < 1.29 is 4.79 Å². The Kier molecular flexibility index (Phi) is 4.37. The number of likely N-dealkylation sites (N-methyl/N-ethyl adjacent to an activating group) is 1. The minimum absolute atomic E-state index is 0.00453. The summed E-state index contributed by atoms with van der Waals surface area (Å²) in [6.07, 6.45) is 3.22. The SMILES string of the molecule is CCCCC1NC(c2ccccc2)N(CC)C1=O. The summed E-state index contributed by atoms with van der Waals surface area (Å²) >= 11 is 0. The number of nitrogens with one attached hydrogen (secondary N) is 1. The smallest absolute Gasteiger partial charge is 0.241 e. The molecule has 1 saturated heterocycles. The maximum atomic E-state index is 12.3. The molecular formula is C15H22N2O. The molecule has 3 heteroatoms. The number of nitrogens with zero attached hydrogens (tertiary/aromatic N) is 1. The summed E-state index contributed by atoms with van der Waals surface area (Å²) in [4.78, 5) is 14.2. The lowest BCUT2D eigenvalue weighted by atomic mass is 10.1. The van der Waals surface area contributed by atoms with E-state index in [4.69, 9.17) is 0 Å². The predicted octanol–water partition coefficient (Wildman–Crippen LogP) is 2.70. The Balaban J connectivity index is 2.14. The summed E-state index contributed by atoms with van der Waals surface area (Å²) in [6.45, 7) is 4.96. The number of amides is 1. The normalized spacial score (nSPS) is 23.7. The van der Waals surface area contributed by atoms with Crippen molar-refractivity contribution in [2.24, 2.45) is 0 Å². The molecule has 18 heavy (non-hydrogen) atoms. The van der Waals surface area contributed by atoms with Crippen LogP contribution in [0.3, 0.4) is 0 Å². The molecule has 0 spiro atoms. The first kappa shape index (κ1) is 13.1. The van der Waals surface area contributed by atoms with Gasteiger partial charge in [0.2, 0.25) is 5.91 Å². The van der Waals surface area contributed by atoms with E-state index in [0.29, 0.717) is 0 Å². The van der Waals surface area contributed by atoms with Crippen molar-refractivity contribution in [3.05, 3.63) is 35.9 Å². The van der Waals surface area contributed by atoms with Crippen molar-refractivity contribution >= 4 is 5.91 Å². The number of carbonyl (C=O) groups excluding carboxylic acids is 1. The Hall–Kier alpha value is -1.35. The van der Waals surface area contributed by atoms with Gasteiger partial charge in [0.05, 0.1) is 6.04 Å². The minimum atomic E-state index is -0.00453. The van der Waals surface area contributed by atoms with Gasteiger partial charge in [0.15, 0.2) is 0 Å². The van der Waals surface area contributed by atoms with E-state index in [1.807, 2.05) is 30.0 Å². The fraction of sp³-hybridized carbons (Fsp3) is 0.533. The number of hydrogen-bond acceptors (Lipinski definition) is 2. The number of unbranched alkanes of at least 4 members (excludes halogenated alkanes) is 1. The number of carbonyl (C=O) groups is 1. The van der Waals surface area contributed by atoms with Crippen LogP contribution in [0.25, 0.3) is 0 Å². The number of hydrogen-bond donors (Lipinski definition) is 1. The van der Waals surface area contributed by atoms with Crippen LogP contribution in [0, 0.1) is 0 Å². The van der Waals surface area contributed by atoms with Gasteiger partial charge in [0.1, 0.15) is 6.17 Å². The second kappa shape index (κ2) is 6.01. The predicted molar refractivity (Wildman–Crippen MR) is 73.0 cm³/mol. The molecule has 1 fully saturated rings. The molecule has 98 valence electrons. The third kappa shape index (κ3) is 2.56. The lowest BCUT2D eigenvalue weighted by molar-refractivity contribution is -0.130. The number of rotatable bonds is 5. The Labute approximate surface area is 109 Å². The average molecular weight is 246 g/mol. The van der Waals surface area contributed by atoms with Gasteiger partial charge in [-0.3, -0.25) is 10.1 Å². The van der Waals surface area contributed by atoms with Crippen LogP contribution in [-0.4, -0.2) is 23.4 Å². The van der Waals surface area contributed by atoms with Crippen LogP contribution in [0.5, 0.6) is 0 Å². The lowest BCUT2D eigenvalue weighted by Gasteiger charge is -2.22. The zero-order valence-corrected chi connectivity index (χ0v) is 11.2. The fourth-order valence-electron chi connectivity index (χ4n) is 2.54. The Morgan fingerprint density at radius 2 is 1.94 bits per heavy atom. The van der Waals surface area contributed by atoms with Crippen LogP contribution in [0.1, 0.15) is 44.8 Å². The highest BCUT2D eigenvalue weighted by atomic mass is 16.2. The second-order valence-electron chi connectivity index (χ2n) is 4.80. The van der Waals surface area contributed by atoms with Crippen LogP contribution in [0.15, 0.2) is 30.3 Å². The van der Waals surface area contributed by atoms with Crippen molar-refractivity contribution in [3.63, 3.8) is 0 Å². The van der Waals surface area contributed by atoms with Gasteiger partial charge in [0.25, 0.3) is 0 Å². The van der Waals surface area contributed by atoms with Crippen molar-refractivity contribution in [3.8, 4) is 0 Å². The van der Waals surface area contributed by atoms with E-state index in [-0.39, 0.29) is 18.1 Å². The van der Waals surface area contributed by atoms with Crippen LogP contribution in [0.4, 0.5) is 0 Å². The summed E-state index contributed by atoms with van der Waals surface area (Å²) in [5.74, 6) is 0.250. The quantitative estimate of drug-likeness (QED) is 0.866. The molecule has 1 aromatic carbocycles. The molecule has 0 bridgehead atoms. The topological polar surface area (TPSA) is 32.3 Å². The average Bonchev–Trinajstić information content (AvgIpc) is 2.74. The highest BCUT2D eigenvalue weighted by Gasteiger charge is 2.37. The Bertz CT molecular complexity index is 391. The molecule has 0 aliphatic carbocycles. The van der Waals surface area contributed by atoms with Crippen molar-refractivity contribution in [2.45, 2.75) is 45.3 Å². The van der Waals surface area contributed by atoms with Crippen LogP contribution >= 0.6 is 0 Å². The van der Waals surface area contributed by atoms with Gasteiger partial charge in [-0.1, -0.05) is 50.1 Å². The van der Waals surface area contributed by atoms with E-state index in [1.54, 1.807) is 0 Å². The Morgan fingerprint density at radius 1 is 1.22 bits per heavy atom. The fourth-order valence-corrected chi connectivity index (χ4v) is 2.54. The van der Waals surface area contributed by atoms with E-state index in [2.05, 4.69) is 24.4 Å². The van der Waals surface area contributed by atoms with E-state index >= 15 is 0 Å². The zero-order valence-electron chi connectivity index (χ0n) is 11.2. The molecule has 1 N–H and O–H groups in total. The van der Waals surface area contributed by atoms with Crippen LogP contribution in [-0.2, 0) is 4.79 Å².